The molecule has 2 saturated carbocycles. The number of H-pyrrole nitrogens is 2. The zero-order valence-electron chi connectivity index (χ0n) is 26.6. The molecule has 11 heteroatoms. The van der Waals surface area contributed by atoms with Gasteiger partial charge in [0.25, 0.3) is 0 Å². The summed E-state index contributed by atoms with van der Waals surface area (Å²) in [5.41, 5.74) is 6.01. The molecule has 0 radical (unpaired) electrons. The maximum absolute atomic E-state index is 13.0. The van der Waals surface area contributed by atoms with E-state index in [1.54, 1.807) is 6.08 Å². The number of aliphatic imine (C=N–C) groups is 1. The van der Waals surface area contributed by atoms with Gasteiger partial charge in [-0.05, 0) is 70.4 Å². The monoisotopic (exact) mass is 619 g/mol. The summed E-state index contributed by atoms with van der Waals surface area (Å²) in [7, 11) is 1.89. The minimum absolute atomic E-state index is 0.0901. The molecule has 0 spiro atoms. The first-order valence-electron chi connectivity index (χ1n) is 16.3. The van der Waals surface area contributed by atoms with Gasteiger partial charge in [-0.3, -0.25) is 24.8 Å². The minimum Gasteiger partial charge on any atom is -0.334 e. The molecule has 4 heterocycles. The van der Waals surface area contributed by atoms with Crippen LogP contribution in [0.3, 0.4) is 0 Å². The van der Waals surface area contributed by atoms with Gasteiger partial charge in [0.2, 0.25) is 11.8 Å². The van der Waals surface area contributed by atoms with E-state index in [0.717, 1.165) is 54.3 Å². The number of aromatic nitrogens is 6. The van der Waals surface area contributed by atoms with Crippen LogP contribution in [0.15, 0.2) is 65.5 Å². The Bertz CT molecular complexity index is 1800. The summed E-state index contributed by atoms with van der Waals surface area (Å²) in [6.45, 7) is 7.52. The van der Waals surface area contributed by atoms with Gasteiger partial charge in [-0.1, -0.05) is 30.4 Å². The van der Waals surface area contributed by atoms with Crippen molar-refractivity contribution in [2.75, 3.05) is 10.6 Å². The third-order valence-corrected chi connectivity index (χ3v) is 9.68. The highest BCUT2D eigenvalue weighted by Gasteiger charge is 2.40. The molecule has 1 aliphatic heterocycles. The lowest BCUT2D eigenvalue weighted by atomic mass is 9.92. The predicted molar refractivity (Wildman–Crippen MR) is 178 cm³/mol. The van der Waals surface area contributed by atoms with Crippen LogP contribution >= 0.6 is 0 Å². The molecule has 4 N–H and O–H groups in total. The molecule has 0 aromatic carbocycles. The van der Waals surface area contributed by atoms with Crippen molar-refractivity contribution >= 4 is 35.2 Å². The van der Waals surface area contributed by atoms with E-state index in [-0.39, 0.29) is 23.7 Å². The fourth-order valence-corrected chi connectivity index (χ4v) is 6.45. The zero-order valence-corrected chi connectivity index (χ0v) is 26.6. The molecular weight excluding hydrogens is 578 g/mol. The Kier molecular flexibility index (Phi) is 7.92. The van der Waals surface area contributed by atoms with Crippen LogP contribution in [-0.2, 0) is 16.6 Å². The summed E-state index contributed by atoms with van der Waals surface area (Å²) in [6, 6.07) is 3.89. The molecule has 5 atom stereocenters. The van der Waals surface area contributed by atoms with Crippen LogP contribution in [0.4, 0.5) is 11.6 Å². The third-order valence-electron chi connectivity index (χ3n) is 9.68. The Balaban J connectivity index is 0.912. The second-order valence-corrected chi connectivity index (χ2v) is 13.2. The number of aryl methyl sites for hydroxylation is 1. The molecule has 7 rings (SSSR count). The van der Waals surface area contributed by atoms with E-state index >= 15 is 0 Å². The maximum Gasteiger partial charge on any atom is 0.234 e. The number of carbonyl (C=O) groups excluding carboxylic acids is 2. The van der Waals surface area contributed by atoms with Crippen molar-refractivity contribution in [1.29, 1.82) is 0 Å². The van der Waals surface area contributed by atoms with Crippen LogP contribution in [0.5, 0.6) is 0 Å². The molecule has 11 nitrogen and oxygen atoms in total. The fraction of sp³-hybridized carbons (Fsp3) is 0.429. The number of allylic oxidation sites excluding steroid dienone is 5. The van der Waals surface area contributed by atoms with Gasteiger partial charge in [0.15, 0.2) is 11.6 Å². The molecule has 46 heavy (non-hydrogen) atoms. The fourth-order valence-electron chi connectivity index (χ4n) is 6.45. The Morgan fingerprint density at radius 1 is 1.04 bits per heavy atom. The summed E-state index contributed by atoms with van der Waals surface area (Å²) >= 11 is 0. The van der Waals surface area contributed by atoms with Crippen molar-refractivity contribution in [3.05, 3.63) is 83.4 Å². The van der Waals surface area contributed by atoms with Gasteiger partial charge in [-0.25, -0.2) is 4.98 Å². The number of carbonyl (C=O) groups is 2. The second-order valence-electron chi connectivity index (χ2n) is 13.2. The first-order valence-corrected chi connectivity index (χ1v) is 16.3. The summed E-state index contributed by atoms with van der Waals surface area (Å²) in [4.78, 5) is 35.2. The molecule has 3 unspecified atom stereocenters. The number of fused-ring (bicyclic) bond motifs is 1. The molecule has 4 aliphatic rings. The van der Waals surface area contributed by atoms with Crippen molar-refractivity contribution in [1.82, 2.24) is 29.9 Å². The van der Waals surface area contributed by atoms with Crippen LogP contribution in [0.2, 0.25) is 0 Å². The van der Waals surface area contributed by atoms with Crippen molar-refractivity contribution in [2.24, 2.45) is 29.8 Å². The lowest BCUT2D eigenvalue weighted by Gasteiger charge is -2.12. The molecule has 0 bridgehead atoms. The first-order chi connectivity index (χ1) is 22.2. The van der Waals surface area contributed by atoms with Crippen LogP contribution in [0, 0.1) is 17.8 Å². The molecule has 2 amide bonds. The molecular formula is C35H41N9O2. The minimum atomic E-state index is -0.413. The van der Waals surface area contributed by atoms with E-state index in [2.05, 4.69) is 66.9 Å². The number of imidazole rings is 1. The second kappa shape index (κ2) is 12.2. The Morgan fingerprint density at radius 3 is 2.48 bits per heavy atom. The number of nitrogens with one attached hydrogen (secondary N) is 4. The van der Waals surface area contributed by atoms with Gasteiger partial charge < -0.3 is 15.2 Å². The number of anilines is 2. The number of aromatic amines is 2. The van der Waals surface area contributed by atoms with Gasteiger partial charge in [0.05, 0.1) is 17.5 Å². The van der Waals surface area contributed by atoms with E-state index < -0.39 is 5.92 Å². The Labute approximate surface area is 268 Å². The number of amides is 2. The van der Waals surface area contributed by atoms with Gasteiger partial charge in [0.1, 0.15) is 5.82 Å². The predicted octanol–water partition coefficient (Wildman–Crippen LogP) is 6.13. The molecule has 0 saturated heterocycles. The van der Waals surface area contributed by atoms with E-state index in [4.69, 9.17) is 4.99 Å². The van der Waals surface area contributed by atoms with Gasteiger partial charge >= 0.3 is 0 Å². The standard InChI is InChI=1S/C35H41N9O2/c1-5-33-37-30(18-44(33)4)20(3)35(46)39-32-17-29(41-43-32)25-14-24(25)13-21-7-6-8-23-15-27(36-26(23)12-9-21)19(2)34(45)38-31-16-28(40-42-31)22-10-11-22/h5,7,9,12,15-20,22-25H,1,6,8,10-11,13-14H2,2-4H3,(H2,38,40,42,45)(H2,39,41,43,46)/b12-9-,21-7+/t19?,20-,23?,24?,25-/m1/s1. The smallest absolute Gasteiger partial charge is 0.234 e. The van der Waals surface area contributed by atoms with E-state index in [0.29, 0.717) is 35.1 Å². The molecule has 3 aliphatic carbocycles. The van der Waals surface area contributed by atoms with Crippen LogP contribution in [0.1, 0.15) is 93.0 Å². The van der Waals surface area contributed by atoms with Crippen LogP contribution in [0.25, 0.3) is 6.08 Å². The van der Waals surface area contributed by atoms with Crippen molar-refractivity contribution < 1.29 is 9.59 Å². The summed E-state index contributed by atoms with van der Waals surface area (Å²) in [5.74, 6) is 2.52. The van der Waals surface area contributed by atoms with Gasteiger partial charge in [-0.15, -0.1) is 0 Å². The molecule has 3 aromatic rings. The molecule has 238 valence electrons. The van der Waals surface area contributed by atoms with Crippen molar-refractivity contribution in [3.8, 4) is 0 Å². The number of rotatable bonds is 11. The zero-order chi connectivity index (χ0) is 31.9. The van der Waals surface area contributed by atoms with E-state index in [1.165, 1.54) is 18.4 Å². The van der Waals surface area contributed by atoms with Crippen LogP contribution < -0.4 is 10.6 Å². The van der Waals surface area contributed by atoms with Crippen molar-refractivity contribution in [3.63, 3.8) is 0 Å². The molecule has 3 aromatic heterocycles. The quantitative estimate of drug-likeness (QED) is 0.204. The summed E-state index contributed by atoms with van der Waals surface area (Å²) < 4.78 is 1.86. The van der Waals surface area contributed by atoms with Gasteiger partial charge in [0, 0.05) is 65.9 Å². The highest BCUT2D eigenvalue weighted by molar-refractivity contribution is 6.02. The third kappa shape index (κ3) is 6.31. The first kappa shape index (κ1) is 29.9. The number of hydrogen-bond donors (Lipinski definition) is 4. The topological polar surface area (TPSA) is 146 Å². The lowest BCUT2D eigenvalue weighted by Crippen LogP contribution is -2.21. The van der Waals surface area contributed by atoms with E-state index in [9.17, 15) is 9.59 Å². The van der Waals surface area contributed by atoms with Gasteiger partial charge in [-0.2, -0.15) is 10.2 Å². The molecule has 2 fully saturated rings. The lowest BCUT2D eigenvalue weighted by molar-refractivity contribution is -0.118. The average molecular weight is 620 g/mol. The maximum atomic E-state index is 13.0. The SMILES string of the molecule is C=Cc1nc([C@@H](C)C(=O)Nc2cc([C@@H]3CC3CC3=C/CCC4C=C(C(C)C(=O)Nc5cc(C6CC6)[nH]n5)N=C4/C=C\3)[nH]n2)cn1C. The van der Waals surface area contributed by atoms with E-state index in [1.807, 2.05) is 43.8 Å². The Morgan fingerprint density at radius 2 is 1.76 bits per heavy atom. The summed E-state index contributed by atoms with van der Waals surface area (Å²) in [6.07, 6.45) is 18.7. The van der Waals surface area contributed by atoms with Crippen LogP contribution in [-0.4, -0.2) is 47.5 Å². The van der Waals surface area contributed by atoms with Crippen molar-refractivity contribution in [2.45, 2.75) is 70.1 Å². The Hall–Kier alpha value is -4.80. The summed E-state index contributed by atoms with van der Waals surface area (Å²) in [5, 5.41) is 20.7. The highest BCUT2D eigenvalue weighted by atomic mass is 16.2. The average Bonchev–Trinajstić information content (AvgIpc) is 3.79. The highest BCUT2D eigenvalue weighted by Crippen LogP contribution is 2.51. The number of nitrogens with zero attached hydrogens (tertiary/aromatic N) is 5. The largest absolute Gasteiger partial charge is 0.334 e. The normalized spacial score (nSPS) is 25.1. The number of hydrogen-bond acceptors (Lipinski definition) is 6.